The Hall–Kier alpha value is -3.93. The van der Waals surface area contributed by atoms with E-state index in [2.05, 4.69) is 93.2 Å². The zero-order chi connectivity index (χ0) is 32.0. The number of nitrogens with zero attached hydrogens (tertiary/aromatic N) is 1. The minimum absolute atomic E-state index is 0.0645. The number of nitrogen functional groups attached to an aromatic ring is 1. The molecule has 6 heteroatoms. The van der Waals surface area contributed by atoms with Crippen LogP contribution >= 0.6 is 0 Å². The van der Waals surface area contributed by atoms with Crippen LogP contribution in [0.3, 0.4) is 0 Å². The first kappa shape index (κ1) is 34.6. The van der Waals surface area contributed by atoms with Crippen LogP contribution in [0.25, 0.3) is 0 Å². The molecule has 0 unspecified atom stereocenters. The highest BCUT2D eigenvalue weighted by molar-refractivity contribution is 6.03. The predicted octanol–water partition coefficient (Wildman–Crippen LogP) is 7.70. The van der Waals surface area contributed by atoms with Crippen molar-refractivity contribution in [3.8, 4) is 0 Å². The van der Waals surface area contributed by atoms with Crippen molar-refractivity contribution in [1.82, 2.24) is 5.32 Å². The van der Waals surface area contributed by atoms with E-state index in [0.29, 0.717) is 26.0 Å². The average molecular weight is 599 g/mol. The number of hydrogen-bond acceptors (Lipinski definition) is 4. The summed E-state index contributed by atoms with van der Waals surface area (Å²) in [6, 6.07) is 16.5. The van der Waals surface area contributed by atoms with Crippen molar-refractivity contribution in [2.45, 2.75) is 89.9 Å². The molecule has 0 aromatic heterocycles. The molecule has 3 N–H and O–H groups in total. The quantitative estimate of drug-likeness (QED) is 0.0460. The van der Waals surface area contributed by atoms with Crippen LogP contribution in [0.2, 0.25) is 0 Å². The predicted molar refractivity (Wildman–Crippen MR) is 183 cm³/mol. The van der Waals surface area contributed by atoms with Crippen molar-refractivity contribution >= 4 is 29.3 Å². The first-order chi connectivity index (χ1) is 21.1. The van der Waals surface area contributed by atoms with E-state index in [1.165, 1.54) is 17.0 Å². The summed E-state index contributed by atoms with van der Waals surface area (Å²) in [5.41, 5.74) is 11.5. The lowest BCUT2D eigenvalue weighted by Gasteiger charge is -2.29. The zero-order valence-corrected chi connectivity index (χ0v) is 27.4. The number of ether oxygens (including phenoxy) is 1. The van der Waals surface area contributed by atoms with Crippen molar-refractivity contribution in [1.29, 1.82) is 0 Å². The maximum Gasteiger partial charge on any atom is 0.219 e. The van der Waals surface area contributed by atoms with Gasteiger partial charge in [0.15, 0.2) is 5.71 Å². The molecule has 1 amide bonds. The summed E-state index contributed by atoms with van der Waals surface area (Å²) in [6.07, 6.45) is 17.8. The number of para-hydroxylation sites is 2. The molecule has 1 heterocycles. The summed E-state index contributed by atoms with van der Waals surface area (Å²) in [4.78, 5) is 22.5. The molecule has 2 aromatic rings. The van der Waals surface area contributed by atoms with Crippen LogP contribution in [-0.4, -0.2) is 42.7 Å². The molecule has 1 aliphatic heterocycles. The van der Waals surface area contributed by atoms with E-state index >= 15 is 0 Å². The van der Waals surface area contributed by atoms with Gasteiger partial charge in [0.25, 0.3) is 0 Å². The van der Waals surface area contributed by atoms with Gasteiger partial charge in [0.05, 0.1) is 12.0 Å². The van der Waals surface area contributed by atoms with Gasteiger partial charge >= 0.3 is 0 Å². The van der Waals surface area contributed by atoms with Gasteiger partial charge in [-0.05, 0) is 77.5 Å². The Morgan fingerprint density at radius 2 is 1.68 bits per heavy atom. The number of hydrogen-bond donors (Lipinski definition) is 2. The molecule has 1 aliphatic rings. The van der Waals surface area contributed by atoms with Gasteiger partial charge in [-0.1, -0.05) is 61.0 Å². The molecule has 0 saturated carbocycles. The van der Waals surface area contributed by atoms with Gasteiger partial charge in [0.1, 0.15) is 19.1 Å². The molecule has 0 saturated heterocycles. The maximum absolute atomic E-state index is 12.1. The average Bonchev–Trinajstić information content (AvgIpc) is 3.19. The topological polar surface area (TPSA) is 84.4 Å². The summed E-state index contributed by atoms with van der Waals surface area (Å²) >= 11 is 0. The molecular weight excluding hydrogens is 546 g/mol. The monoisotopic (exact) mass is 598 g/mol. The molecule has 0 bridgehead atoms. The molecule has 0 fully saturated rings. The maximum atomic E-state index is 12.1. The Morgan fingerprint density at radius 3 is 2.43 bits per heavy atom. The summed E-state index contributed by atoms with van der Waals surface area (Å²) < 4.78 is 8.67. The molecule has 3 rings (SSSR count). The zero-order valence-electron chi connectivity index (χ0n) is 27.4. The van der Waals surface area contributed by atoms with Gasteiger partial charge in [-0.15, -0.1) is 0 Å². The molecule has 236 valence electrons. The highest BCUT2D eigenvalue weighted by Crippen LogP contribution is 2.39. The fourth-order valence-electron chi connectivity index (χ4n) is 5.88. The Kier molecular flexibility index (Phi) is 13.2. The van der Waals surface area contributed by atoms with Crippen LogP contribution in [0.5, 0.6) is 0 Å². The first-order valence-electron chi connectivity index (χ1n) is 16.0. The molecule has 0 atom stereocenters. The highest BCUT2D eigenvalue weighted by Gasteiger charge is 2.42. The first-order valence-corrected chi connectivity index (χ1v) is 16.0. The van der Waals surface area contributed by atoms with Crippen LogP contribution in [0.4, 0.5) is 11.4 Å². The van der Waals surface area contributed by atoms with Gasteiger partial charge in [-0.25, -0.2) is 0 Å². The molecule has 0 radical (unpaired) electrons. The van der Waals surface area contributed by atoms with E-state index in [4.69, 9.17) is 10.5 Å². The Labute approximate surface area is 264 Å². The summed E-state index contributed by atoms with van der Waals surface area (Å²) in [6.45, 7) is 10.1. The fraction of sp³-hybridized carbons (Fsp3) is 0.447. The Balaban J connectivity index is 1.59. The molecule has 0 aliphatic carbocycles. The summed E-state index contributed by atoms with van der Waals surface area (Å²) in [5, 5.41) is 2.98. The smallest absolute Gasteiger partial charge is 0.219 e. The standard InChI is InChI=1S/C38H51N3O3/c1-37(2)31-21-14-16-23-33(31)41(5)34(37)24-10-8-11-25-35(38(3,4)30-20-13-15-22-32(30)39)44-29-19-9-12-26-36(43)40-27-17-6-7-18-28-42/h8,10-11,13-16,20-25,28H,6-7,9,12,17-19,26-27,29,39H2,1-5H3/p+1/b11-8+,24-10+,35-25+. The number of amides is 1. The van der Waals surface area contributed by atoms with Crippen LogP contribution < -0.4 is 11.1 Å². The SMILES string of the molecule is C[N+]1=C(/C=C/C=C/C=C(/OCCCCCC(=O)NCCCCCC=O)C(C)(C)c2ccccc2N)C(C)(C)c2ccccc21. The number of nitrogens with one attached hydrogen (secondary N) is 1. The number of carbonyl (C=O) groups excluding carboxylic acids is 2. The van der Waals surface area contributed by atoms with E-state index in [9.17, 15) is 9.59 Å². The van der Waals surface area contributed by atoms with E-state index in [1.807, 2.05) is 30.4 Å². The lowest BCUT2D eigenvalue weighted by molar-refractivity contribution is -0.401. The number of anilines is 1. The summed E-state index contributed by atoms with van der Waals surface area (Å²) in [5.74, 6) is 0.945. The Morgan fingerprint density at radius 1 is 0.955 bits per heavy atom. The third-order valence-corrected chi connectivity index (χ3v) is 8.54. The molecule has 2 aromatic carbocycles. The number of aldehydes is 1. The number of allylic oxidation sites excluding steroid dienone is 6. The van der Waals surface area contributed by atoms with Gasteiger partial charge in [0.2, 0.25) is 11.6 Å². The van der Waals surface area contributed by atoms with Crippen molar-refractivity contribution in [2.24, 2.45) is 0 Å². The molecule has 44 heavy (non-hydrogen) atoms. The van der Waals surface area contributed by atoms with Gasteiger partial charge in [0, 0.05) is 48.2 Å². The van der Waals surface area contributed by atoms with Crippen LogP contribution in [0.15, 0.2) is 84.7 Å². The minimum atomic E-state index is -0.422. The minimum Gasteiger partial charge on any atom is -0.497 e. The van der Waals surface area contributed by atoms with E-state index in [0.717, 1.165) is 61.8 Å². The van der Waals surface area contributed by atoms with Gasteiger partial charge < -0.3 is 20.6 Å². The fourth-order valence-corrected chi connectivity index (χ4v) is 5.88. The van der Waals surface area contributed by atoms with Crippen molar-refractivity contribution in [2.75, 3.05) is 25.9 Å². The van der Waals surface area contributed by atoms with E-state index in [-0.39, 0.29) is 11.3 Å². The summed E-state index contributed by atoms with van der Waals surface area (Å²) in [7, 11) is 2.13. The number of benzene rings is 2. The number of unbranched alkanes of at least 4 members (excludes halogenated alkanes) is 5. The molecular formula is C38H52N3O3+. The second-order valence-corrected chi connectivity index (χ2v) is 12.6. The highest BCUT2D eigenvalue weighted by atomic mass is 16.5. The van der Waals surface area contributed by atoms with Crippen LogP contribution in [0.1, 0.15) is 90.2 Å². The third-order valence-electron chi connectivity index (χ3n) is 8.54. The lowest BCUT2D eigenvalue weighted by Crippen LogP contribution is -2.26. The van der Waals surface area contributed by atoms with Crippen molar-refractivity contribution < 1.29 is 18.9 Å². The molecule has 6 nitrogen and oxygen atoms in total. The number of nitrogens with two attached hydrogens (primary N) is 1. The van der Waals surface area contributed by atoms with Gasteiger partial charge in [-0.3, -0.25) is 4.79 Å². The number of fused-ring (bicyclic) bond motifs is 1. The van der Waals surface area contributed by atoms with Crippen molar-refractivity contribution in [3.05, 3.63) is 95.8 Å². The third kappa shape index (κ3) is 9.28. The van der Waals surface area contributed by atoms with E-state index < -0.39 is 5.41 Å². The largest absolute Gasteiger partial charge is 0.497 e. The van der Waals surface area contributed by atoms with E-state index in [1.54, 1.807) is 0 Å². The number of rotatable bonds is 18. The van der Waals surface area contributed by atoms with Crippen LogP contribution in [-0.2, 0) is 25.2 Å². The Bertz CT molecular complexity index is 1380. The van der Waals surface area contributed by atoms with Crippen molar-refractivity contribution in [3.63, 3.8) is 0 Å². The number of carbonyl (C=O) groups is 2. The van der Waals surface area contributed by atoms with Gasteiger partial charge in [-0.2, -0.15) is 4.58 Å². The lowest BCUT2D eigenvalue weighted by atomic mass is 9.81. The second-order valence-electron chi connectivity index (χ2n) is 12.6. The normalized spacial score (nSPS) is 14.8. The van der Waals surface area contributed by atoms with Crippen LogP contribution in [0, 0.1) is 0 Å². The second kappa shape index (κ2) is 16.8. The molecule has 0 spiro atoms.